The predicted molar refractivity (Wildman–Crippen MR) is 116 cm³/mol. The van der Waals surface area contributed by atoms with Crippen LogP contribution in [0.3, 0.4) is 0 Å². The molecule has 152 valence electrons. The zero-order valence-corrected chi connectivity index (χ0v) is 18.4. The van der Waals surface area contributed by atoms with Crippen molar-refractivity contribution in [2.24, 2.45) is 0 Å². The van der Waals surface area contributed by atoms with Gasteiger partial charge in [0.1, 0.15) is 0 Å². The second kappa shape index (κ2) is 9.63. The maximum Gasteiger partial charge on any atom is 0.232 e. The molecule has 0 aliphatic heterocycles. The molecule has 5 nitrogen and oxygen atoms in total. The minimum atomic E-state index is -3.52. The minimum absolute atomic E-state index is 0.116. The fraction of sp³-hybridized carbons (Fsp3) is 0.350. The molecule has 0 aliphatic rings. The van der Waals surface area contributed by atoms with Crippen molar-refractivity contribution < 1.29 is 13.2 Å². The summed E-state index contributed by atoms with van der Waals surface area (Å²) in [6.07, 6.45) is 1.71. The number of amides is 1. The Hall–Kier alpha value is -1.76. The van der Waals surface area contributed by atoms with E-state index in [0.717, 1.165) is 17.4 Å². The van der Waals surface area contributed by atoms with Gasteiger partial charge >= 0.3 is 0 Å². The Bertz CT molecular complexity index is 931. The number of carbonyl (C=O) groups is 1. The monoisotopic (exact) mass is 442 g/mol. The number of carbonyl (C=O) groups excluding carboxylic acids is 1. The third kappa shape index (κ3) is 6.40. The smallest absolute Gasteiger partial charge is 0.232 e. The summed E-state index contributed by atoms with van der Waals surface area (Å²) in [5.41, 5.74) is 2.60. The van der Waals surface area contributed by atoms with Crippen molar-refractivity contribution in [3.63, 3.8) is 0 Å². The number of nitrogens with zero attached hydrogens (tertiary/aromatic N) is 1. The summed E-state index contributed by atoms with van der Waals surface area (Å²) in [5, 5.41) is 3.56. The van der Waals surface area contributed by atoms with Crippen molar-refractivity contribution in [2.45, 2.75) is 32.7 Å². The first kappa shape index (κ1) is 22.5. The van der Waals surface area contributed by atoms with Crippen LogP contribution in [0.25, 0.3) is 0 Å². The quantitative estimate of drug-likeness (QED) is 0.642. The minimum Gasteiger partial charge on any atom is -0.350 e. The molecule has 2 aromatic rings. The van der Waals surface area contributed by atoms with E-state index in [1.165, 1.54) is 10.4 Å². The van der Waals surface area contributed by atoms with Crippen LogP contribution in [0.5, 0.6) is 0 Å². The molecule has 0 aromatic heterocycles. The van der Waals surface area contributed by atoms with Crippen molar-refractivity contribution in [2.75, 3.05) is 17.1 Å². The van der Waals surface area contributed by atoms with E-state index < -0.39 is 10.0 Å². The van der Waals surface area contributed by atoms with Gasteiger partial charge in [0.05, 0.1) is 28.0 Å². The molecule has 0 bridgehead atoms. The third-order valence-electron chi connectivity index (χ3n) is 4.31. The first-order chi connectivity index (χ1) is 13.1. The van der Waals surface area contributed by atoms with E-state index in [2.05, 4.69) is 5.32 Å². The second-order valence-corrected chi connectivity index (χ2v) is 9.46. The number of halogens is 2. The predicted octanol–water partition coefficient (Wildman–Crippen LogP) is 4.73. The highest BCUT2D eigenvalue weighted by Gasteiger charge is 2.19. The molecule has 0 heterocycles. The topological polar surface area (TPSA) is 66.5 Å². The number of sulfonamides is 1. The van der Waals surface area contributed by atoms with Gasteiger partial charge in [0.15, 0.2) is 0 Å². The Morgan fingerprint density at radius 1 is 1.11 bits per heavy atom. The molecule has 0 spiro atoms. The van der Waals surface area contributed by atoms with Gasteiger partial charge in [-0.05, 0) is 44.0 Å². The number of hydrogen-bond donors (Lipinski definition) is 1. The molecule has 2 aromatic carbocycles. The maximum atomic E-state index is 12.2. The van der Waals surface area contributed by atoms with E-state index in [0.29, 0.717) is 17.1 Å². The highest BCUT2D eigenvalue weighted by Crippen LogP contribution is 2.28. The lowest BCUT2D eigenvalue weighted by Crippen LogP contribution is -2.32. The summed E-state index contributed by atoms with van der Waals surface area (Å²) in [4.78, 5) is 12.2. The van der Waals surface area contributed by atoms with Crippen LogP contribution in [0.15, 0.2) is 42.5 Å². The second-order valence-electron chi connectivity index (χ2n) is 6.74. The van der Waals surface area contributed by atoms with Crippen LogP contribution in [0.2, 0.25) is 10.0 Å². The van der Waals surface area contributed by atoms with Crippen LogP contribution in [0.4, 0.5) is 5.69 Å². The van der Waals surface area contributed by atoms with E-state index in [1.807, 2.05) is 38.1 Å². The van der Waals surface area contributed by atoms with E-state index in [9.17, 15) is 13.2 Å². The number of nitrogens with one attached hydrogen (secondary N) is 1. The molecule has 2 rings (SSSR count). The lowest BCUT2D eigenvalue weighted by molar-refractivity contribution is -0.121. The molecule has 0 fully saturated rings. The summed E-state index contributed by atoms with van der Waals surface area (Å²) >= 11 is 11.9. The van der Waals surface area contributed by atoms with Gasteiger partial charge in [0.25, 0.3) is 0 Å². The van der Waals surface area contributed by atoms with E-state index >= 15 is 0 Å². The molecule has 1 amide bonds. The Kier molecular flexibility index (Phi) is 7.75. The Labute approximate surface area is 176 Å². The van der Waals surface area contributed by atoms with Crippen LogP contribution in [0, 0.1) is 6.92 Å². The van der Waals surface area contributed by atoms with Gasteiger partial charge in [0.2, 0.25) is 15.9 Å². The average Bonchev–Trinajstić information content (AvgIpc) is 2.60. The molecular formula is C20H24Cl2N2O3S. The number of aryl methyl sites for hydroxylation is 1. The number of benzene rings is 2. The van der Waals surface area contributed by atoms with Gasteiger partial charge in [-0.15, -0.1) is 0 Å². The van der Waals surface area contributed by atoms with Crippen LogP contribution >= 0.6 is 23.2 Å². The Morgan fingerprint density at radius 2 is 1.75 bits per heavy atom. The van der Waals surface area contributed by atoms with Crippen LogP contribution < -0.4 is 9.62 Å². The molecular weight excluding hydrogens is 419 g/mol. The lowest BCUT2D eigenvalue weighted by atomic mass is 10.1. The number of hydrogen-bond acceptors (Lipinski definition) is 3. The first-order valence-corrected chi connectivity index (χ1v) is 11.5. The largest absolute Gasteiger partial charge is 0.350 e. The summed E-state index contributed by atoms with van der Waals surface area (Å²) in [5.74, 6) is -0.129. The van der Waals surface area contributed by atoms with E-state index in [4.69, 9.17) is 23.2 Å². The molecule has 0 unspecified atom stereocenters. The van der Waals surface area contributed by atoms with E-state index in [-0.39, 0.29) is 29.9 Å². The molecule has 1 N–H and O–H groups in total. The third-order valence-corrected chi connectivity index (χ3v) is 6.24. The summed E-state index contributed by atoms with van der Waals surface area (Å²) < 4.78 is 25.5. The maximum absolute atomic E-state index is 12.2. The van der Waals surface area contributed by atoms with Crippen LogP contribution in [0.1, 0.15) is 36.9 Å². The van der Waals surface area contributed by atoms with Crippen molar-refractivity contribution in [3.8, 4) is 0 Å². The number of rotatable bonds is 8. The highest BCUT2D eigenvalue weighted by atomic mass is 35.5. The summed E-state index contributed by atoms with van der Waals surface area (Å²) in [6, 6.07) is 12.5. The average molecular weight is 443 g/mol. The Morgan fingerprint density at radius 3 is 2.32 bits per heavy atom. The van der Waals surface area contributed by atoms with Gasteiger partial charge in [-0.25, -0.2) is 8.42 Å². The van der Waals surface area contributed by atoms with Crippen LogP contribution in [-0.4, -0.2) is 27.1 Å². The first-order valence-electron chi connectivity index (χ1n) is 8.86. The Balaban J connectivity index is 1.95. The zero-order valence-electron chi connectivity index (χ0n) is 16.1. The molecule has 0 radical (unpaired) electrons. The SMILES string of the molecule is Cc1ccc([C@H](C)NC(=O)CCCN(c2ccc(Cl)c(Cl)c2)S(C)(=O)=O)cc1. The van der Waals surface area contributed by atoms with Gasteiger partial charge in [-0.1, -0.05) is 53.0 Å². The highest BCUT2D eigenvalue weighted by molar-refractivity contribution is 7.92. The number of anilines is 1. The molecule has 0 aliphatic carbocycles. The fourth-order valence-corrected chi connectivity index (χ4v) is 4.01. The van der Waals surface area contributed by atoms with Crippen molar-refractivity contribution in [1.82, 2.24) is 5.32 Å². The van der Waals surface area contributed by atoms with Gasteiger partial charge in [0, 0.05) is 13.0 Å². The molecule has 1 atom stereocenters. The standard InChI is InChI=1S/C20H24Cl2N2O3S/c1-14-6-8-16(9-7-14)15(2)23-20(25)5-4-12-24(28(3,26)27)17-10-11-18(21)19(22)13-17/h6-11,13,15H,4-5,12H2,1-3H3,(H,23,25)/t15-/m0/s1. The van der Waals surface area contributed by atoms with Crippen LogP contribution in [-0.2, 0) is 14.8 Å². The molecule has 0 saturated heterocycles. The lowest BCUT2D eigenvalue weighted by Gasteiger charge is -2.23. The normalized spacial score (nSPS) is 12.5. The van der Waals surface area contributed by atoms with Gasteiger partial charge in [-0.2, -0.15) is 0 Å². The zero-order chi connectivity index (χ0) is 20.9. The van der Waals surface area contributed by atoms with Crippen molar-refractivity contribution in [3.05, 3.63) is 63.6 Å². The van der Waals surface area contributed by atoms with Gasteiger partial charge < -0.3 is 5.32 Å². The fourth-order valence-electron chi connectivity index (χ4n) is 2.76. The molecule has 8 heteroatoms. The molecule has 28 heavy (non-hydrogen) atoms. The molecule has 0 saturated carbocycles. The van der Waals surface area contributed by atoms with Gasteiger partial charge in [-0.3, -0.25) is 9.10 Å². The summed E-state index contributed by atoms with van der Waals surface area (Å²) in [7, 11) is -3.52. The van der Waals surface area contributed by atoms with E-state index in [1.54, 1.807) is 12.1 Å². The van der Waals surface area contributed by atoms with Crippen molar-refractivity contribution in [1.29, 1.82) is 0 Å². The summed E-state index contributed by atoms with van der Waals surface area (Å²) in [6.45, 7) is 4.10. The van der Waals surface area contributed by atoms with Crippen molar-refractivity contribution >= 4 is 44.8 Å².